The number of halogens is 3. The van der Waals surface area contributed by atoms with Crippen molar-refractivity contribution in [1.82, 2.24) is 10.3 Å². The van der Waals surface area contributed by atoms with Crippen LogP contribution < -0.4 is 19.7 Å². The first-order chi connectivity index (χ1) is 16.7. The third-order valence-electron chi connectivity index (χ3n) is 6.52. The van der Waals surface area contributed by atoms with Crippen molar-refractivity contribution < 1.29 is 27.4 Å². The normalized spacial score (nSPS) is 19.4. The van der Waals surface area contributed by atoms with Crippen LogP contribution in [0.2, 0.25) is 0 Å². The molecule has 2 aliphatic rings. The molecule has 7 nitrogen and oxygen atoms in total. The minimum absolute atomic E-state index is 0.0107. The van der Waals surface area contributed by atoms with Crippen molar-refractivity contribution in [2.45, 2.75) is 38.2 Å². The van der Waals surface area contributed by atoms with E-state index in [9.17, 15) is 13.6 Å². The van der Waals surface area contributed by atoms with Crippen molar-refractivity contribution >= 4 is 17.4 Å². The lowest BCUT2D eigenvalue weighted by Gasteiger charge is -2.33. The molecule has 188 valence electrons. The van der Waals surface area contributed by atoms with E-state index in [1.165, 1.54) is 26.3 Å². The summed E-state index contributed by atoms with van der Waals surface area (Å²) in [6, 6.07) is 8.07. The number of nitrogens with one attached hydrogen (secondary N) is 1. The number of fused-ring (bicyclic) bond motifs is 1. The smallest absolute Gasteiger partial charge is 0.337 e. The average Bonchev–Trinajstić information content (AvgIpc) is 3.00. The summed E-state index contributed by atoms with van der Waals surface area (Å²) in [6.45, 7) is 2.32. The van der Waals surface area contributed by atoms with E-state index in [1.54, 1.807) is 25.1 Å². The van der Waals surface area contributed by atoms with Gasteiger partial charge in [-0.2, -0.15) is 5.10 Å². The van der Waals surface area contributed by atoms with E-state index in [0.717, 1.165) is 5.69 Å². The summed E-state index contributed by atoms with van der Waals surface area (Å²) < 4.78 is 53.3. The first kappa shape index (κ1) is 24.7. The molecular formula is C25H29F3N4O3. The Kier molecular flexibility index (Phi) is 6.82. The van der Waals surface area contributed by atoms with E-state index < -0.39 is 23.8 Å². The molecule has 0 saturated carbocycles. The van der Waals surface area contributed by atoms with Crippen molar-refractivity contribution in [3.8, 4) is 11.5 Å². The van der Waals surface area contributed by atoms with E-state index >= 15 is 4.39 Å². The van der Waals surface area contributed by atoms with E-state index in [2.05, 4.69) is 10.4 Å². The molecule has 35 heavy (non-hydrogen) atoms. The SMILES string of the molecule is CNC(=O)N1N=C(c2ccc(N3CCC(F)(F)CC3)cc2)c2cc(OC)c(OC)c(F)c2C[C@@H]1C. The summed E-state index contributed by atoms with van der Waals surface area (Å²) in [5, 5.41) is 8.51. The number of ether oxygens (including phenoxy) is 2. The maximum atomic E-state index is 15.6. The fourth-order valence-corrected chi connectivity index (χ4v) is 4.54. The van der Waals surface area contributed by atoms with Gasteiger partial charge >= 0.3 is 6.03 Å². The summed E-state index contributed by atoms with van der Waals surface area (Å²) in [7, 11) is 4.30. The molecule has 0 aliphatic carbocycles. The molecule has 1 N–H and O–H groups in total. The lowest BCUT2D eigenvalue weighted by atomic mass is 9.93. The van der Waals surface area contributed by atoms with E-state index in [-0.39, 0.29) is 43.9 Å². The number of carbonyl (C=O) groups excluding carboxylic acids is 1. The maximum Gasteiger partial charge on any atom is 0.337 e. The van der Waals surface area contributed by atoms with Gasteiger partial charge in [0.05, 0.1) is 26.0 Å². The highest BCUT2D eigenvalue weighted by Crippen LogP contribution is 2.38. The van der Waals surface area contributed by atoms with E-state index in [0.29, 0.717) is 22.4 Å². The molecule has 2 aromatic carbocycles. The molecule has 2 heterocycles. The van der Waals surface area contributed by atoms with Crippen molar-refractivity contribution in [3.63, 3.8) is 0 Å². The van der Waals surface area contributed by atoms with Crippen LogP contribution in [0.15, 0.2) is 35.4 Å². The van der Waals surface area contributed by atoms with Gasteiger partial charge in [0.25, 0.3) is 5.92 Å². The number of anilines is 1. The second-order valence-electron chi connectivity index (χ2n) is 8.74. The topological polar surface area (TPSA) is 66.4 Å². The Bertz CT molecular complexity index is 1130. The Morgan fingerprint density at radius 2 is 1.80 bits per heavy atom. The van der Waals surface area contributed by atoms with Crippen molar-refractivity contribution in [2.75, 3.05) is 39.3 Å². The van der Waals surface area contributed by atoms with Gasteiger partial charge in [-0.25, -0.2) is 23.0 Å². The Hall–Kier alpha value is -3.43. The lowest BCUT2D eigenvalue weighted by molar-refractivity contribution is -0.0220. The molecule has 4 rings (SSSR count). The number of benzene rings is 2. The number of hydrogen-bond acceptors (Lipinski definition) is 5. The molecule has 0 unspecified atom stereocenters. The number of hydrazone groups is 1. The Morgan fingerprint density at radius 1 is 1.14 bits per heavy atom. The number of carbonyl (C=O) groups is 1. The predicted molar refractivity (Wildman–Crippen MR) is 127 cm³/mol. The molecule has 1 saturated heterocycles. The second-order valence-corrected chi connectivity index (χ2v) is 8.74. The summed E-state index contributed by atoms with van der Waals surface area (Å²) in [4.78, 5) is 14.5. The number of alkyl halides is 2. The molecular weight excluding hydrogens is 461 g/mol. The van der Waals surface area contributed by atoms with Gasteiger partial charge in [0.2, 0.25) is 0 Å². The van der Waals surface area contributed by atoms with Crippen LogP contribution in [0.1, 0.15) is 36.5 Å². The highest BCUT2D eigenvalue weighted by Gasteiger charge is 2.34. The lowest BCUT2D eigenvalue weighted by Crippen LogP contribution is -2.41. The zero-order valence-corrected chi connectivity index (χ0v) is 20.2. The largest absolute Gasteiger partial charge is 0.493 e. The molecule has 0 spiro atoms. The van der Waals surface area contributed by atoms with Gasteiger partial charge in [-0.1, -0.05) is 12.1 Å². The summed E-state index contributed by atoms with van der Waals surface area (Å²) in [6.07, 6.45) is -0.161. The van der Waals surface area contributed by atoms with Crippen LogP contribution in [0, 0.1) is 5.82 Å². The molecule has 2 aromatic rings. The highest BCUT2D eigenvalue weighted by molar-refractivity contribution is 6.14. The number of urea groups is 1. The van der Waals surface area contributed by atoms with E-state index in [4.69, 9.17) is 9.47 Å². The molecule has 1 fully saturated rings. The molecule has 10 heteroatoms. The molecule has 0 radical (unpaired) electrons. The van der Waals surface area contributed by atoms with Gasteiger partial charge in [0.1, 0.15) is 0 Å². The van der Waals surface area contributed by atoms with Crippen LogP contribution >= 0.6 is 0 Å². The Labute approximate surface area is 202 Å². The standard InChI is InChI=1S/C25H29F3N4O3/c1-15-13-18-19(14-20(34-3)23(35-4)21(18)26)22(30-32(15)24(33)29-2)16-5-7-17(8-6-16)31-11-9-25(27,28)10-12-31/h5-8,14-15H,9-13H2,1-4H3,(H,29,33)/t15-/m0/s1. The van der Waals surface area contributed by atoms with Crippen molar-refractivity contribution in [3.05, 3.63) is 52.8 Å². The van der Waals surface area contributed by atoms with Gasteiger partial charge in [0.15, 0.2) is 17.3 Å². The number of amides is 2. The first-order valence-corrected chi connectivity index (χ1v) is 11.5. The molecule has 0 aromatic heterocycles. The first-order valence-electron chi connectivity index (χ1n) is 11.5. The van der Waals surface area contributed by atoms with Crippen LogP contribution in [0.5, 0.6) is 11.5 Å². The van der Waals surface area contributed by atoms with Gasteiger partial charge in [-0.05, 0) is 31.5 Å². The minimum atomic E-state index is -2.63. The van der Waals surface area contributed by atoms with Crippen LogP contribution in [0.4, 0.5) is 23.7 Å². The van der Waals surface area contributed by atoms with Gasteiger partial charge < -0.3 is 19.7 Å². The molecule has 1 atom stereocenters. The summed E-state index contributed by atoms with van der Waals surface area (Å²) in [5.41, 5.74) is 2.71. The molecule has 2 amide bonds. The number of nitrogens with zero attached hydrogens (tertiary/aromatic N) is 3. The number of rotatable bonds is 4. The van der Waals surface area contributed by atoms with Gasteiger partial charge in [-0.3, -0.25) is 0 Å². The van der Waals surface area contributed by atoms with Crippen molar-refractivity contribution in [1.29, 1.82) is 0 Å². The number of methoxy groups -OCH3 is 2. The summed E-state index contributed by atoms with van der Waals surface area (Å²) in [5.74, 6) is -2.99. The molecule has 2 aliphatic heterocycles. The third kappa shape index (κ3) is 4.74. The quantitative estimate of drug-likeness (QED) is 0.689. The minimum Gasteiger partial charge on any atom is -0.493 e. The zero-order valence-electron chi connectivity index (χ0n) is 20.2. The van der Waals surface area contributed by atoms with Crippen LogP contribution in [-0.4, -0.2) is 63.1 Å². The number of piperidine rings is 1. The zero-order chi connectivity index (χ0) is 25.3. The summed E-state index contributed by atoms with van der Waals surface area (Å²) >= 11 is 0. The highest BCUT2D eigenvalue weighted by atomic mass is 19.3. The average molecular weight is 491 g/mol. The van der Waals surface area contributed by atoms with Gasteiger partial charge in [0, 0.05) is 55.4 Å². The van der Waals surface area contributed by atoms with Gasteiger partial charge in [-0.15, -0.1) is 0 Å². The monoisotopic (exact) mass is 490 g/mol. The fraction of sp³-hybridized carbons (Fsp3) is 0.440. The Balaban J connectivity index is 1.79. The van der Waals surface area contributed by atoms with Crippen LogP contribution in [-0.2, 0) is 6.42 Å². The van der Waals surface area contributed by atoms with Crippen LogP contribution in [0.3, 0.4) is 0 Å². The third-order valence-corrected chi connectivity index (χ3v) is 6.52. The second kappa shape index (κ2) is 9.67. The predicted octanol–water partition coefficient (Wildman–Crippen LogP) is 4.42. The van der Waals surface area contributed by atoms with Crippen LogP contribution in [0.25, 0.3) is 0 Å². The van der Waals surface area contributed by atoms with E-state index in [1.807, 2.05) is 17.0 Å². The molecule has 0 bridgehead atoms. The Morgan fingerprint density at radius 3 is 2.37 bits per heavy atom. The fourth-order valence-electron chi connectivity index (χ4n) is 4.54. The maximum absolute atomic E-state index is 15.6. The number of hydrogen-bond donors (Lipinski definition) is 1. The van der Waals surface area contributed by atoms with Crippen molar-refractivity contribution in [2.24, 2.45) is 5.10 Å².